The Labute approximate surface area is 100 Å². The summed E-state index contributed by atoms with van der Waals surface area (Å²) in [5, 5.41) is 0. The third-order valence-corrected chi connectivity index (χ3v) is 3.66. The first kappa shape index (κ1) is 13.9. The first-order valence-corrected chi connectivity index (χ1v) is 6.56. The lowest BCUT2D eigenvalue weighted by molar-refractivity contribution is 0.0820. The summed E-state index contributed by atoms with van der Waals surface area (Å²) >= 11 is 0. The van der Waals surface area contributed by atoms with Crippen molar-refractivity contribution in [3.63, 3.8) is 0 Å². The van der Waals surface area contributed by atoms with E-state index in [1.54, 1.807) is 7.11 Å². The maximum atomic E-state index is 5.89. The van der Waals surface area contributed by atoms with Crippen molar-refractivity contribution >= 4 is 0 Å². The van der Waals surface area contributed by atoms with Gasteiger partial charge in [-0.25, -0.2) is 0 Å². The third-order valence-electron chi connectivity index (χ3n) is 3.66. The molecule has 0 aromatic heterocycles. The molecule has 1 aliphatic carbocycles. The lowest BCUT2D eigenvalue weighted by Gasteiger charge is -2.35. The molecule has 0 amide bonds. The van der Waals surface area contributed by atoms with Gasteiger partial charge in [-0.3, -0.25) is 4.90 Å². The minimum absolute atomic E-state index is 0.284. The second-order valence-corrected chi connectivity index (χ2v) is 5.37. The molecule has 3 unspecified atom stereocenters. The van der Waals surface area contributed by atoms with Gasteiger partial charge >= 0.3 is 0 Å². The van der Waals surface area contributed by atoms with Crippen LogP contribution in [0.2, 0.25) is 0 Å². The predicted molar refractivity (Wildman–Crippen MR) is 68.5 cm³/mol. The number of methoxy groups -OCH3 is 1. The van der Waals surface area contributed by atoms with Gasteiger partial charge in [-0.15, -0.1) is 0 Å². The highest BCUT2D eigenvalue weighted by Gasteiger charge is 2.33. The van der Waals surface area contributed by atoms with Gasteiger partial charge in [0.05, 0.1) is 6.61 Å². The van der Waals surface area contributed by atoms with E-state index in [1.165, 1.54) is 12.8 Å². The van der Waals surface area contributed by atoms with Crippen LogP contribution in [0.25, 0.3) is 0 Å². The summed E-state index contributed by atoms with van der Waals surface area (Å²) in [4.78, 5) is 2.57. The van der Waals surface area contributed by atoms with E-state index in [9.17, 15) is 0 Å². The molecule has 0 spiro atoms. The fourth-order valence-electron chi connectivity index (χ4n) is 2.54. The van der Waals surface area contributed by atoms with Gasteiger partial charge in [-0.1, -0.05) is 0 Å². The molecule has 0 radical (unpaired) electrons. The molecule has 0 saturated heterocycles. The van der Waals surface area contributed by atoms with Crippen molar-refractivity contribution in [3.8, 4) is 0 Å². The minimum atomic E-state index is 0.284. The summed E-state index contributed by atoms with van der Waals surface area (Å²) in [5.74, 6) is 0.910. The molecule has 3 atom stereocenters. The first-order valence-electron chi connectivity index (χ1n) is 6.56. The van der Waals surface area contributed by atoms with E-state index in [0.29, 0.717) is 12.1 Å². The van der Waals surface area contributed by atoms with Crippen LogP contribution in [0, 0.1) is 5.92 Å². The summed E-state index contributed by atoms with van der Waals surface area (Å²) in [6.07, 6.45) is 3.87. The van der Waals surface area contributed by atoms with E-state index in [0.717, 1.165) is 25.5 Å². The highest BCUT2D eigenvalue weighted by atomic mass is 16.5. The van der Waals surface area contributed by atoms with E-state index in [-0.39, 0.29) is 6.04 Å². The molecule has 3 heteroatoms. The normalized spacial score (nSPS) is 22.1. The molecule has 0 heterocycles. The van der Waals surface area contributed by atoms with Crippen LogP contribution in [-0.2, 0) is 4.74 Å². The fraction of sp³-hybridized carbons (Fsp3) is 1.00. The standard InChI is InChI=1S/C13H28N2O/c1-10(14)9-11(2)15(7-8-16-4)12(3)13-5-6-13/h10-13H,5-9,14H2,1-4H3. The average Bonchev–Trinajstić information content (AvgIpc) is 2.99. The van der Waals surface area contributed by atoms with Crippen LogP contribution in [0.3, 0.4) is 0 Å². The Morgan fingerprint density at radius 3 is 2.38 bits per heavy atom. The van der Waals surface area contributed by atoms with Crippen LogP contribution in [0.1, 0.15) is 40.0 Å². The summed E-state index contributed by atoms with van der Waals surface area (Å²) in [6, 6.07) is 1.53. The molecule has 96 valence electrons. The molecule has 0 aromatic carbocycles. The lowest BCUT2D eigenvalue weighted by Crippen LogP contribution is -2.45. The first-order chi connectivity index (χ1) is 7.56. The maximum Gasteiger partial charge on any atom is 0.0589 e. The molecule has 16 heavy (non-hydrogen) atoms. The average molecular weight is 228 g/mol. The minimum Gasteiger partial charge on any atom is -0.383 e. The van der Waals surface area contributed by atoms with Crippen LogP contribution >= 0.6 is 0 Å². The quantitative estimate of drug-likeness (QED) is 0.689. The summed E-state index contributed by atoms with van der Waals surface area (Å²) in [6.45, 7) is 8.58. The van der Waals surface area contributed by atoms with Crippen molar-refractivity contribution in [3.05, 3.63) is 0 Å². The maximum absolute atomic E-state index is 5.89. The van der Waals surface area contributed by atoms with E-state index in [1.807, 2.05) is 0 Å². The van der Waals surface area contributed by atoms with Crippen LogP contribution in [0.15, 0.2) is 0 Å². The Bertz CT molecular complexity index is 192. The second kappa shape index (κ2) is 6.58. The van der Waals surface area contributed by atoms with Crippen molar-refractivity contribution in [2.24, 2.45) is 11.7 Å². The van der Waals surface area contributed by atoms with E-state index >= 15 is 0 Å². The summed E-state index contributed by atoms with van der Waals surface area (Å²) < 4.78 is 5.20. The highest BCUT2D eigenvalue weighted by molar-refractivity contribution is 4.87. The molecular formula is C13H28N2O. The molecule has 0 aromatic rings. The number of ether oxygens (including phenoxy) is 1. The van der Waals surface area contributed by atoms with E-state index in [2.05, 4.69) is 25.7 Å². The van der Waals surface area contributed by atoms with Crippen molar-refractivity contribution in [1.29, 1.82) is 0 Å². The van der Waals surface area contributed by atoms with Crippen LogP contribution < -0.4 is 5.73 Å². The molecule has 2 N–H and O–H groups in total. The zero-order valence-electron chi connectivity index (χ0n) is 11.3. The number of hydrogen-bond donors (Lipinski definition) is 1. The summed E-state index contributed by atoms with van der Waals surface area (Å²) in [5.41, 5.74) is 5.89. The van der Waals surface area contributed by atoms with Crippen molar-refractivity contribution in [2.45, 2.75) is 58.2 Å². The molecule has 3 nitrogen and oxygen atoms in total. The third kappa shape index (κ3) is 4.40. The van der Waals surface area contributed by atoms with Gasteiger partial charge in [0, 0.05) is 31.8 Å². The predicted octanol–water partition coefficient (Wildman–Crippen LogP) is 1.86. The zero-order chi connectivity index (χ0) is 12.1. The molecule has 1 fully saturated rings. The molecule has 0 bridgehead atoms. The van der Waals surface area contributed by atoms with Crippen molar-refractivity contribution < 1.29 is 4.74 Å². The number of rotatable bonds is 8. The van der Waals surface area contributed by atoms with Gasteiger partial charge in [-0.2, -0.15) is 0 Å². The molecule has 1 saturated carbocycles. The van der Waals surface area contributed by atoms with Crippen LogP contribution in [-0.4, -0.2) is 43.3 Å². The zero-order valence-corrected chi connectivity index (χ0v) is 11.3. The second-order valence-electron chi connectivity index (χ2n) is 5.37. The Morgan fingerprint density at radius 1 is 1.31 bits per heavy atom. The number of nitrogens with zero attached hydrogens (tertiary/aromatic N) is 1. The van der Waals surface area contributed by atoms with Gasteiger partial charge in [-0.05, 0) is 46.0 Å². The molecule has 1 rings (SSSR count). The van der Waals surface area contributed by atoms with Gasteiger partial charge in [0.25, 0.3) is 0 Å². The smallest absolute Gasteiger partial charge is 0.0589 e. The summed E-state index contributed by atoms with van der Waals surface area (Å²) in [7, 11) is 1.77. The van der Waals surface area contributed by atoms with Crippen molar-refractivity contribution in [2.75, 3.05) is 20.3 Å². The largest absolute Gasteiger partial charge is 0.383 e. The highest BCUT2D eigenvalue weighted by Crippen LogP contribution is 2.36. The molecule has 0 aliphatic heterocycles. The fourth-order valence-corrected chi connectivity index (χ4v) is 2.54. The van der Waals surface area contributed by atoms with Crippen molar-refractivity contribution in [1.82, 2.24) is 4.90 Å². The number of nitrogens with two attached hydrogens (primary N) is 1. The van der Waals surface area contributed by atoms with Crippen LogP contribution in [0.5, 0.6) is 0 Å². The molecular weight excluding hydrogens is 200 g/mol. The monoisotopic (exact) mass is 228 g/mol. The SMILES string of the molecule is COCCN(C(C)CC(C)N)C(C)C1CC1. The van der Waals surface area contributed by atoms with Gasteiger partial charge in [0.1, 0.15) is 0 Å². The number of hydrogen-bond acceptors (Lipinski definition) is 3. The van der Waals surface area contributed by atoms with E-state index < -0.39 is 0 Å². The van der Waals surface area contributed by atoms with Crippen LogP contribution in [0.4, 0.5) is 0 Å². The lowest BCUT2D eigenvalue weighted by atomic mass is 10.0. The Morgan fingerprint density at radius 2 is 1.94 bits per heavy atom. The van der Waals surface area contributed by atoms with Gasteiger partial charge in [0.15, 0.2) is 0 Å². The van der Waals surface area contributed by atoms with Gasteiger partial charge < -0.3 is 10.5 Å². The topological polar surface area (TPSA) is 38.5 Å². The molecule has 1 aliphatic rings. The Balaban J connectivity index is 2.46. The van der Waals surface area contributed by atoms with Gasteiger partial charge in [0.2, 0.25) is 0 Å². The Hall–Kier alpha value is -0.120. The van der Waals surface area contributed by atoms with E-state index in [4.69, 9.17) is 10.5 Å². The Kier molecular flexibility index (Phi) is 5.73.